The zero-order valence-electron chi connectivity index (χ0n) is 8.55. The van der Waals surface area contributed by atoms with Gasteiger partial charge in [0.1, 0.15) is 5.78 Å². The van der Waals surface area contributed by atoms with Gasteiger partial charge in [-0.05, 0) is 27.3 Å². The van der Waals surface area contributed by atoms with Gasteiger partial charge < -0.3 is 0 Å². The van der Waals surface area contributed by atoms with E-state index in [0.29, 0.717) is 11.8 Å². The van der Waals surface area contributed by atoms with Crippen molar-refractivity contribution in [2.24, 2.45) is 0 Å². The fourth-order valence-corrected chi connectivity index (χ4v) is 1.99. The van der Waals surface area contributed by atoms with Gasteiger partial charge >= 0.3 is 0 Å². The molecule has 1 heterocycles. The predicted molar refractivity (Wildman–Crippen MR) is 50.2 cm³/mol. The maximum absolute atomic E-state index is 11.4. The topological polar surface area (TPSA) is 20.3 Å². The maximum Gasteiger partial charge on any atom is 0.136 e. The van der Waals surface area contributed by atoms with Crippen molar-refractivity contribution in [2.75, 3.05) is 7.05 Å². The van der Waals surface area contributed by atoms with Crippen LogP contribution in [0.3, 0.4) is 0 Å². The van der Waals surface area contributed by atoms with Crippen LogP contribution in [0.15, 0.2) is 0 Å². The first kappa shape index (κ1) is 9.72. The van der Waals surface area contributed by atoms with Crippen molar-refractivity contribution >= 4 is 5.78 Å². The van der Waals surface area contributed by atoms with E-state index in [9.17, 15) is 4.79 Å². The summed E-state index contributed by atoms with van der Waals surface area (Å²) >= 11 is 0. The molecule has 1 saturated heterocycles. The van der Waals surface area contributed by atoms with Crippen LogP contribution in [0.25, 0.3) is 0 Å². The molecule has 0 aromatic rings. The Morgan fingerprint density at radius 1 is 1.67 bits per heavy atom. The van der Waals surface area contributed by atoms with Crippen LogP contribution < -0.4 is 0 Å². The Hall–Kier alpha value is -0.370. The molecule has 1 rings (SSSR count). The van der Waals surface area contributed by atoms with Crippen molar-refractivity contribution in [3.8, 4) is 0 Å². The smallest absolute Gasteiger partial charge is 0.136 e. The van der Waals surface area contributed by atoms with Crippen LogP contribution in [0.4, 0.5) is 0 Å². The van der Waals surface area contributed by atoms with Gasteiger partial charge in [0.05, 0.1) is 0 Å². The van der Waals surface area contributed by atoms with Crippen LogP contribution in [-0.2, 0) is 4.79 Å². The minimum absolute atomic E-state index is 0.106. The Morgan fingerprint density at radius 3 is 2.75 bits per heavy atom. The van der Waals surface area contributed by atoms with E-state index in [4.69, 9.17) is 0 Å². The second-order valence-corrected chi connectivity index (χ2v) is 4.23. The summed E-state index contributed by atoms with van der Waals surface area (Å²) in [5.41, 5.74) is 0.106. The summed E-state index contributed by atoms with van der Waals surface area (Å²) in [5.74, 6) is 0.421. The van der Waals surface area contributed by atoms with Gasteiger partial charge in [0.2, 0.25) is 0 Å². The number of carbonyl (C=O) groups is 1. The Balaban J connectivity index is 2.79. The summed E-state index contributed by atoms with van der Waals surface area (Å²) < 4.78 is 0. The molecule has 12 heavy (non-hydrogen) atoms. The van der Waals surface area contributed by atoms with E-state index in [1.807, 2.05) is 0 Å². The molecule has 0 aromatic carbocycles. The highest BCUT2D eigenvalue weighted by molar-refractivity contribution is 5.81. The predicted octanol–water partition coefficient (Wildman–Crippen LogP) is 1.84. The van der Waals surface area contributed by atoms with Crippen LogP contribution in [0.5, 0.6) is 0 Å². The largest absolute Gasteiger partial charge is 0.300 e. The summed E-state index contributed by atoms with van der Waals surface area (Å²) in [6.45, 7) is 6.47. The molecule has 0 spiro atoms. The highest BCUT2D eigenvalue weighted by Crippen LogP contribution is 2.30. The summed E-state index contributed by atoms with van der Waals surface area (Å²) in [4.78, 5) is 13.7. The average Bonchev–Trinajstić information content (AvgIpc) is 2.00. The van der Waals surface area contributed by atoms with Gasteiger partial charge in [-0.2, -0.15) is 0 Å². The third-order valence-electron chi connectivity index (χ3n) is 3.38. The number of nitrogens with zero attached hydrogens (tertiary/aromatic N) is 1. The third-order valence-corrected chi connectivity index (χ3v) is 3.38. The van der Waals surface area contributed by atoms with Crippen LogP contribution in [0, 0.1) is 0 Å². The highest BCUT2D eigenvalue weighted by atomic mass is 16.1. The van der Waals surface area contributed by atoms with Crippen molar-refractivity contribution < 1.29 is 4.79 Å². The number of Topliss-reactive ketones (excluding diaryl/α,β-unsaturated/α-hetero) is 1. The molecule has 2 nitrogen and oxygen atoms in total. The number of hydrogen-bond donors (Lipinski definition) is 0. The van der Waals surface area contributed by atoms with Crippen LogP contribution >= 0.6 is 0 Å². The Bertz CT molecular complexity index is 190. The van der Waals surface area contributed by atoms with Gasteiger partial charge in [-0.3, -0.25) is 9.69 Å². The van der Waals surface area contributed by atoms with E-state index in [1.165, 1.54) is 0 Å². The van der Waals surface area contributed by atoms with E-state index in [2.05, 4.69) is 32.7 Å². The molecule has 2 heteroatoms. The van der Waals surface area contributed by atoms with E-state index >= 15 is 0 Å². The molecule has 1 fully saturated rings. The van der Waals surface area contributed by atoms with E-state index in [0.717, 1.165) is 19.3 Å². The summed E-state index contributed by atoms with van der Waals surface area (Å²) in [7, 11) is 2.13. The minimum atomic E-state index is 0.106. The summed E-state index contributed by atoms with van der Waals surface area (Å²) in [5, 5.41) is 0. The number of likely N-dealkylation sites (tertiary alicyclic amines) is 1. The normalized spacial score (nSPS) is 38.7. The quantitative estimate of drug-likeness (QED) is 0.597. The molecule has 0 aliphatic carbocycles. The van der Waals surface area contributed by atoms with Gasteiger partial charge in [-0.1, -0.05) is 6.92 Å². The summed E-state index contributed by atoms with van der Waals surface area (Å²) in [6, 6.07) is 0.413. The summed E-state index contributed by atoms with van der Waals surface area (Å²) in [6.07, 6.45) is 2.51. The van der Waals surface area contributed by atoms with Crippen molar-refractivity contribution in [3.63, 3.8) is 0 Å². The number of rotatable bonds is 1. The zero-order chi connectivity index (χ0) is 9.35. The minimum Gasteiger partial charge on any atom is -0.300 e. The van der Waals surface area contributed by atoms with E-state index < -0.39 is 0 Å². The SMILES string of the molecule is CCC1(C)CC(=O)CC(C)N1C. The first-order valence-corrected chi connectivity index (χ1v) is 4.74. The molecule has 0 bridgehead atoms. The van der Waals surface area contributed by atoms with Gasteiger partial charge in [-0.15, -0.1) is 0 Å². The molecule has 0 aromatic heterocycles. The van der Waals surface area contributed by atoms with E-state index in [1.54, 1.807) is 0 Å². The lowest BCUT2D eigenvalue weighted by atomic mass is 9.83. The van der Waals surface area contributed by atoms with Gasteiger partial charge in [-0.25, -0.2) is 0 Å². The molecule has 2 unspecified atom stereocenters. The number of hydrogen-bond acceptors (Lipinski definition) is 2. The lowest BCUT2D eigenvalue weighted by Crippen LogP contribution is -2.53. The average molecular weight is 169 g/mol. The monoisotopic (exact) mass is 169 g/mol. The molecule has 0 saturated carbocycles. The van der Waals surface area contributed by atoms with Crippen LogP contribution in [-0.4, -0.2) is 29.3 Å². The maximum atomic E-state index is 11.4. The molecule has 0 radical (unpaired) electrons. The molecule has 2 atom stereocenters. The second-order valence-electron chi connectivity index (χ2n) is 4.23. The highest BCUT2D eigenvalue weighted by Gasteiger charge is 2.37. The molecule has 0 N–H and O–H groups in total. The van der Waals surface area contributed by atoms with Crippen LogP contribution in [0.2, 0.25) is 0 Å². The second kappa shape index (κ2) is 3.17. The fraction of sp³-hybridized carbons (Fsp3) is 0.900. The molecular formula is C10H19NO. The van der Waals surface area contributed by atoms with Gasteiger partial charge in [0.25, 0.3) is 0 Å². The van der Waals surface area contributed by atoms with Crippen molar-refractivity contribution in [2.45, 2.75) is 51.6 Å². The first-order chi connectivity index (χ1) is 5.49. The third kappa shape index (κ3) is 1.53. The number of piperidine rings is 1. The Labute approximate surface area is 74.9 Å². The Kier molecular flexibility index (Phi) is 2.57. The zero-order valence-corrected chi connectivity index (χ0v) is 8.55. The van der Waals surface area contributed by atoms with Crippen molar-refractivity contribution in [3.05, 3.63) is 0 Å². The van der Waals surface area contributed by atoms with Gasteiger partial charge in [0.15, 0.2) is 0 Å². The van der Waals surface area contributed by atoms with E-state index in [-0.39, 0.29) is 5.54 Å². The lowest BCUT2D eigenvalue weighted by Gasteiger charge is -2.45. The lowest BCUT2D eigenvalue weighted by molar-refractivity contribution is -0.128. The van der Waals surface area contributed by atoms with Crippen LogP contribution in [0.1, 0.15) is 40.0 Å². The number of ketones is 1. The van der Waals surface area contributed by atoms with Crippen molar-refractivity contribution in [1.82, 2.24) is 4.90 Å². The standard InChI is InChI=1S/C10H19NO/c1-5-10(3)7-9(12)6-8(2)11(10)4/h8H,5-7H2,1-4H3. The molecule has 1 aliphatic rings. The molecule has 70 valence electrons. The Morgan fingerprint density at radius 2 is 2.25 bits per heavy atom. The van der Waals surface area contributed by atoms with Gasteiger partial charge in [0, 0.05) is 24.4 Å². The molecule has 1 aliphatic heterocycles. The first-order valence-electron chi connectivity index (χ1n) is 4.74. The molecular weight excluding hydrogens is 150 g/mol. The fourth-order valence-electron chi connectivity index (χ4n) is 1.99. The number of carbonyl (C=O) groups excluding carboxylic acids is 1. The van der Waals surface area contributed by atoms with Crippen molar-refractivity contribution in [1.29, 1.82) is 0 Å². The molecule has 0 amide bonds.